The van der Waals surface area contributed by atoms with Gasteiger partial charge in [-0.1, -0.05) is 35.9 Å². The maximum absolute atomic E-state index is 12.7. The van der Waals surface area contributed by atoms with E-state index < -0.39 is 11.7 Å². The Balaban J connectivity index is 2.58. The fraction of sp³-hybridized carbons (Fsp3) is 0.0769. The quantitative estimate of drug-likeness (QED) is 0.753. The summed E-state index contributed by atoms with van der Waals surface area (Å²) in [6.07, 6.45) is -4.48. The summed E-state index contributed by atoms with van der Waals surface area (Å²) in [6.45, 7) is 0. The van der Waals surface area contributed by atoms with Crippen LogP contribution in [-0.4, -0.2) is 0 Å². The van der Waals surface area contributed by atoms with Crippen molar-refractivity contribution < 1.29 is 13.2 Å². The van der Waals surface area contributed by atoms with Crippen LogP contribution in [0.5, 0.6) is 0 Å². The van der Waals surface area contributed by atoms with E-state index in [1.807, 2.05) is 0 Å². The van der Waals surface area contributed by atoms with Crippen molar-refractivity contribution in [1.82, 2.24) is 0 Å². The molecule has 0 saturated heterocycles. The van der Waals surface area contributed by atoms with Crippen molar-refractivity contribution in [2.75, 3.05) is 5.73 Å². The highest BCUT2D eigenvalue weighted by molar-refractivity contribution is 6.31. The van der Waals surface area contributed by atoms with E-state index in [0.29, 0.717) is 16.8 Å². The lowest BCUT2D eigenvalue weighted by Gasteiger charge is -2.12. The highest BCUT2D eigenvalue weighted by Gasteiger charge is 2.33. The number of nitrogen functional groups attached to an aromatic ring is 1. The Bertz CT molecular complexity index is 579. The van der Waals surface area contributed by atoms with Gasteiger partial charge in [0.2, 0.25) is 0 Å². The number of nitrogens with two attached hydrogens (primary N) is 1. The molecule has 2 rings (SSSR count). The van der Waals surface area contributed by atoms with Crippen molar-refractivity contribution in [3.8, 4) is 11.1 Å². The van der Waals surface area contributed by atoms with Gasteiger partial charge in [-0.05, 0) is 23.8 Å². The van der Waals surface area contributed by atoms with Gasteiger partial charge in [-0.2, -0.15) is 13.2 Å². The van der Waals surface area contributed by atoms with Crippen LogP contribution in [0.3, 0.4) is 0 Å². The summed E-state index contributed by atoms with van der Waals surface area (Å²) in [5.41, 5.74) is 6.25. The largest absolute Gasteiger partial charge is 0.417 e. The molecule has 0 radical (unpaired) electrons. The first-order chi connectivity index (χ1) is 8.39. The Morgan fingerprint density at radius 2 is 1.67 bits per heavy atom. The zero-order valence-electron chi connectivity index (χ0n) is 9.13. The zero-order chi connectivity index (χ0) is 13.3. The fourth-order valence-electron chi connectivity index (χ4n) is 1.67. The van der Waals surface area contributed by atoms with E-state index in [1.54, 1.807) is 24.3 Å². The number of alkyl halides is 3. The molecule has 0 unspecified atom stereocenters. The third-order valence-corrected chi connectivity index (χ3v) is 2.87. The maximum atomic E-state index is 12.7. The molecule has 2 aromatic carbocycles. The van der Waals surface area contributed by atoms with E-state index in [1.165, 1.54) is 12.1 Å². The average molecular weight is 272 g/mol. The van der Waals surface area contributed by atoms with Crippen molar-refractivity contribution in [2.24, 2.45) is 0 Å². The molecule has 2 aromatic rings. The van der Waals surface area contributed by atoms with Gasteiger partial charge < -0.3 is 5.73 Å². The maximum Gasteiger partial charge on any atom is 0.417 e. The summed E-state index contributed by atoms with van der Waals surface area (Å²) in [7, 11) is 0. The normalized spacial score (nSPS) is 11.6. The second-order valence-corrected chi connectivity index (χ2v) is 4.19. The molecule has 0 aromatic heterocycles. The van der Waals surface area contributed by atoms with Crippen molar-refractivity contribution in [3.05, 3.63) is 53.1 Å². The molecular formula is C13H9ClF3N. The second-order valence-electron chi connectivity index (χ2n) is 3.78. The molecule has 0 saturated carbocycles. The minimum atomic E-state index is -4.48. The molecule has 0 aliphatic carbocycles. The van der Waals surface area contributed by atoms with Gasteiger partial charge in [0.05, 0.1) is 10.6 Å². The molecule has 0 spiro atoms. The van der Waals surface area contributed by atoms with Crippen LogP contribution < -0.4 is 5.73 Å². The highest BCUT2D eigenvalue weighted by atomic mass is 35.5. The summed E-state index contributed by atoms with van der Waals surface area (Å²) in [6, 6.07) is 10.5. The van der Waals surface area contributed by atoms with E-state index in [2.05, 4.69) is 0 Å². The molecule has 0 atom stereocenters. The van der Waals surface area contributed by atoms with Crippen LogP contribution in [0.25, 0.3) is 11.1 Å². The Morgan fingerprint density at radius 1 is 1.00 bits per heavy atom. The fourth-order valence-corrected chi connectivity index (χ4v) is 1.89. The molecular weight excluding hydrogens is 263 g/mol. The number of hydrogen-bond donors (Lipinski definition) is 1. The summed E-state index contributed by atoms with van der Waals surface area (Å²) in [5, 5.41) is -0.319. The predicted octanol–water partition coefficient (Wildman–Crippen LogP) is 4.61. The van der Waals surface area contributed by atoms with Crippen LogP contribution in [0.15, 0.2) is 42.5 Å². The molecule has 18 heavy (non-hydrogen) atoms. The molecule has 5 heteroatoms. The lowest BCUT2D eigenvalue weighted by molar-refractivity contribution is -0.137. The molecule has 0 fully saturated rings. The van der Waals surface area contributed by atoms with Crippen LogP contribution in [0.2, 0.25) is 5.02 Å². The van der Waals surface area contributed by atoms with Crippen LogP contribution in [0.4, 0.5) is 18.9 Å². The van der Waals surface area contributed by atoms with Crippen LogP contribution in [0.1, 0.15) is 5.56 Å². The van der Waals surface area contributed by atoms with Crippen LogP contribution in [-0.2, 0) is 6.18 Å². The number of para-hydroxylation sites is 1. The SMILES string of the molecule is Nc1ccccc1-c1ccc(Cl)c(C(F)(F)F)c1. The van der Waals surface area contributed by atoms with Crippen molar-refractivity contribution >= 4 is 17.3 Å². The number of benzene rings is 2. The van der Waals surface area contributed by atoms with Gasteiger partial charge in [-0.15, -0.1) is 0 Å². The highest BCUT2D eigenvalue weighted by Crippen LogP contribution is 2.38. The number of hydrogen-bond acceptors (Lipinski definition) is 1. The van der Waals surface area contributed by atoms with Gasteiger partial charge in [0.25, 0.3) is 0 Å². The molecule has 0 amide bonds. The Kier molecular flexibility index (Phi) is 3.22. The average Bonchev–Trinajstić information content (AvgIpc) is 2.29. The third-order valence-electron chi connectivity index (χ3n) is 2.54. The first kappa shape index (κ1) is 12.8. The number of rotatable bonds is 1. The lowest BCUT2D eigenvalue weighted by Crippen LogP contribution is -2.06. The first-order valence-corrected chi connectivity index (χ1v) is 5.49. The van der Waals surface area contributed by atoms with Crippen LogP contribution >= 0.6 is 11.6 Å². The molecule has 0 aliphatic rings. The Morgan fingerprint density at radius 3 is 2.28 bits per heavy atom. The van der Waals surface area contributed by atoms with Gasteiger partial charge in [-0.3, -0.25) is 0 Å². The molecule has 2 N–H and O–H groups in total. The first-order valence-electron chi connectivity index (χ1n) is 5.11. The predicted molar refractivity (Wildman–Crippen MR) is 66.3 cm³/mol. The number of anilines is 1. The summed E-state index contributed by atoms with van der Waals surface area (Å²) < 4.78 is 38.2. The zero-order valence-corrected chi connectivity index (χ0v) is 9.89. The second kappa shape index (κ2) is 4.53. The molecule has 0 heterocycles. The van der Waals surface area contributed by atoms with Crippen molar-refractivity contribution in [3.63, 3.8) is 0 Å². The lowest BCUT2D eigenvalue weighted by atomic mass is 10.0. The van der Waals surface area contributed by atoms with Gasteiger partial charge in [0.1, 0.15) is 0 Å². The monoisotopic (exact) mass is 271 g/mol. The van der Waals surface area contributed by atoms with Gasteiger partial charge >= 0.3 is 6.18 Å². The van der Waals surface area contributed by atoms with E-state index in [0.717, 1.165) is 6.07 Å². The van der Waals surface area contributed by atoms with Crippen molar-refractivity contribution in [1.29, 1.82) is 0 Å². The summed E-state index contributed by atoms with van der Waals surface area (Å²) in [4.78, 5) is 0. The molecule has 0 bridgehead atoms. The van der Waals surface area contributed by atoms with Gasteiger partial charge in [0, 0.05) is 11.3 Å². The molecule has 94 valence electrons. The van der Waals surface area contributed by atoms with Gasteiger partial charge in [0.15, 0.2) is 0 Å². The molecule has 1 nitrogen and oxygen atoms in total. The minimum absolute atomic E-state index is 0.319. The van der Waals surface area contributed by atoms with Crippen LogP contribution in [0, 0.1) is 0 Å². The Labute approximate surface area is 107 Å². The van der Waals surface area contributed by atoms with E-state index >= 15 is 0 Å². The summed E-state index contributed by atoms with van der Waals surface area (Å²) in [5.74, 6) is 0. The van der Waals surface area contributed by atoms with E-state index in [-0.39, 0.29) is 5.02 Å². The van der Waals surface area contributed by atoms with E-state index in [4.69, 9.17) is 17.3 Å². The molecule has 0 aliphatic heterocycles. The smallest absolute Gasteiger partial charge is 0.398 e. The minimum Gasteiger partial charge on any atom is -0.398 e. The number of halogens is 4. The topological polar surface area (TPSA) is 26.0 Å². The Hall–Kier alpha value is -1.68. The summed E-state index contributed by atoms with van der Waals surface area (Å²) >= 11 is 5.56. The van der Waals surface area contributed by atoms with Gasteiger partial charge in [-0.25, -0.2) is 0 Å². The third kappa shape index (κ3) is 2.43. The standard InChI is InChI=1S/C13H9ClF3N/c14-11-6-5-8(7-10(11)13(15,16)17)9-3-1-2-4-12(9)18/h1-7H,18H2. The van der Waals surface area contributed by atoms with E-state index in [9.17, 15) is 13.2 Å². The van der Waals surface area contributed by atoms with Crippen molar-refractivity contribution in [2.45, 2.75) is 6.18 Å².